The van der Waals surface area contributed by atoms with Crippen molar-refractivity contribution in [3.05, 3.63) is 0 Å². The topological polar surface area (TPSA) is 61.8 Å². The van der Waals surface area contributed by atoms with E-state index in [9.17, 15) is 9.59 Å². The van der Waals surface area contributed by atoms with Crippen LogP contribution in [0, 0.1) is 17.8 Å². The van der Waals surface area contributed by atoms with Crippen LogP contribution in [-0.2, 0) is 23.8 Å². The van der Waals surface area contributed by atoms with Gasteiger partial charge in [-0.05, 0) is 5.92 Å². The summed E-state index contributed by atoms with van der Waals surface area (Å²) in [6.07, 6.45) is -0.437. The molecule has 0 aromatic carbocycles. The summed E-state index contributed by atoms with van der Waals surface area (Å²) in [5, 5.41) is 0. The molecule has 0 spiro atoms. The quantitative estimate of drug-likeness (QED) is 0.633. The van der Waals surface area contributed by atoms with E-state index in [-0.39, 0.29) is 17.9 Å². The number of ether oxygens (including phenoxy) is 3. The van der Waals surface area contributed by atoms with Crippen molar-refractivity contribution in [3.63, 3.8) is 0 Å². The summed E-state index contributed by atoms with van der Waals surface area (Å²) < 4.78 is 15.2. The zero-order valence-corrected chi connectivity index (χ0v) is 8.76. The number of carbonyl (C=O) groups excluding carboxylic acids is 2. The Morgan fingerprint density at radius 1 is 1.33 bits per heavy atom. The predicted molar refractivity (Wildman–Crippen MR) is 48.6 cm³/mol. The maximum atomic E-state index is 10.7. The molecular weight excluding hydrogens is 200 g/mol. The molecule has 2 rings (SSSR count). The van der Waals surface area contributed by atoms with E-state index in [0.29, 0.717) is 25.0 Å². The van der Waals surface area contributed by atoms with Crippen molar-refractivity contribution >= 4 is 11.9 Å². The molecule has 1 aliphatic carbocycles. The van der Waals surface area contributed by atoms with Gasteiger partial charge in [-0.2, -0.15) is 0 Å². The smallest absolute Gasteiger partial charge is 0.304 e. The minimum absolute atomic E-state index is 0.216. The Morgan fingerprint density at radius 2 is 2.07 bits per heavy atom. The van der Waals surface area contributed by atoms with E-state index in [2.05, 4.69) is 0 Å². The van der Waals surface area contributed by atoms with Crippen LogP contribution in [-0.4, -0.2) is 31.4 Å². The molecule has 5 heteroatoms. The summed E-state index contributed by atoms with van der Waals surface area (Å²) in [6.45, 7) is 3.75. The lowest BCUT2D eigenvalue weighted by Crippen LogP contribution is -2.22. The van der Waals surface area contributed by atoms with Crippen molar-refractivity contribution in [2.75, 3.05) is 13.2 Å². The first-order valence-electron chi connectivity index (χ1n) is 5.02. The van der Waals surface area contributed by atoms with Crippen molar-refractivity contribution in [1.82, 2.24) is 0 Å². The lowest BCUT2D eigenvalue weighted by Gasteiger charge is -2.14. The maximum Gasteiger partial charge on any atom is 0.304 e. The van der Waals surface area contributed by atoms with Gasteiger partial charge in [0.1, 0.15) is 0 Å². The lowest BCUT2D eigenvalue weighted by atomic mass is 10.3. The average Bonchev–Trinajstić information content (AvgIpc) is 2.68. The Hall–Kier alpha value is -1.10. The Bertz CT molecular complexity index is 288. The lowest BCUT2D eigenvalue weighted by molar-refractivity contribution is -0.175. The fraction of sp³-hybridized carbons (Fsp3) is 0.800. The second-order valence-corrected chi connectivity index (χ2v) is 4.02. The largest absolute Gasteiger partial charge is 0.466 e. The highest BCUT2D eigenvalue weighted by atomic mass is 16.7. The minimum atomic E-state index is -0.437. The molecule has 0 radical (unpaired) electrons. The molecule has 2 fully saturated rings. The monoisotopic (exact) mass is 214 g/mol. The third kappa shape index (κ3) is 2.12. The van der Waals surface area contributed by atoms with Crippen LogP contribution in [0.3, 0.4) is 0 Å². The third-order valence-corrected chi connectivity index (χ3v) is 2.93. The van der Waals surface area contributed by atoms with Gasteiger partial charge in [0.2, 0.25) is 6.29 Å². The summed E-state index contributed by atoms with van der Waals surface area (Å²) in [7, 11) is 0. The molecule has 15 heavy (non-hydrogen) atoms. The molecule has 0 N–H and O–H groups in total. The summed E-state index contributed by atoms with van der Waals surface area (Å²) >= 11 is 0. The summed E-state index contributed by atoms with van der Waals surface area (Å²) in [5.41, 5.74) is 0. The molecule has 2 aliphatic rings. The molecule has 1 saturated carbocycles. The van der Waals surface area contributed by atoms with Gasteiger partial charge in [0, 0.05) is 25.7 Å². The minimum Gasteiger partial charge on any atom is -0.466 e. The summed E-state index contributed by atoms with van der Waals surface area (Å²) in [6, 6.07) is 0. The molecule has 0 amide bonds. The van der Waals surface area contributed by atoms with Crippen LogP contribution in [0.25, 0.3) is 0 Å². The highest BCUT2D eigenvalue weighted by Crippen LogP contribution is 2.54. The van der Waals surface area contributed by atoms with Crippen LogP contribution < -0.4 is 0 Å². The summed E-state index contributed by atoms with van der Waals surface area (Å²) in [5.74, 6) is 0.290. The van der Waals surface area contributed by atoms with Gasteiger partial charge in [-0.3, -0.25) is 9.59 Å². The van der Waals surface area contributed by atoms with Gasteiger partial charge < -0.3 is 14.2 Å². The first-order chi connectivity index (χ1) is 7.09. The highest BCUT2D eigenvalue weighted by molar-refractivity contribution is 5.66. The zero-order chi connectivity index (χ0) is 11.0. The molecule has 1 aliphatic heterocycles. The van der Waals surface area contributed by atoms with Crippen molar-refractivity contribution < 1.29 is 23.8 Å². The average molecular weight is 214 g/mol. The Kier molecular flexibility index (Phi) is 2.65. The fourth-order valence-corrected chi connectivity index (χ4v) is 2.15. The number of hydrogen-bond acceptors (Lipinski definition) is 5. The van der Waals surface area contributed by atoms with E-state index >= 15 is 0 Å². The molecule has 0 bridgehead atoms. The number of esters is 2. The summed E-state index contributed by atoms with van der Waals surface area (Å²) in [4.78, 5) is 21.4. The molecule has 0 unspecified atom stereocenters. The third-order valence-electron chi connectivity index (χ3n) is 2.93. The van der Waals surface area contributed by atoms with E-state index < -0.39 is 6.29 Å². The van der Waals surface area contributed by atoms with Gasteiger partial charge in [-0.1, -0.05) is 0 Å². The molecule has 1 saturated heterocycles. The van der Waals surface area contributed by atoms with E-state index in [1.54, 1.807) is 0 Å². The Morgan fingerprint density at radius 3 is 2.67 bits per heavy atom. The molecule has 84 valence electrons. The van der Waals surface area contributed by atoms with Gasteiger partial charge in [0.25, 0.3) is 0 Å². The van der Waals surface area contributed by atoms with Crippen LogP contribution >= 0.6 is 0 Å². The van der Waals surface area contributed by atoms with E-state index in [1.807, 2.05) is 0 Å². The van der Waals surface area contributed by atoms with E-state index in [4.69, 9.17) is 14.2 Å². The van der Waals surface area contributed by atoms with Crippen molar-refractivity contribution in [3.8, 4) is 0 Å². The zero-order valence-electron chi connectivity index (χ0n) is 8.76. The van der Waals surface area contributed by atoms with Crippen molar-refractivity contribution in [2.24, 2.45) is 17.8 Å². The number of fused-ring (bicyclic) bond motifs is 1. The van der Waals surface area contributed by atoms with Gasteiger partial charge in [-0.15, -0.1) is 0 Å². The Balaban J connectivity index is 1.79. The molecule has 1 heterocycles. The van der Waals surface area contributed by atoms with Crippen molar-refractivity contribution in [1.29, 1.82) is 0 Å². The predicted octanol–water partition coefficient (Wildman–Crippen LogP) is 0.331. The Labute approximate surface area is 87.7 Å². The molecule has 5 nitrogen and oxygen atoms in total. The SMILES string of the molecule is CC(=O)OC[C@@H]1[C@@H]2CO[C@H](OC(C)=O)[C@@H]12. The highest BCUT2D eigenvalue weighted by Gasteiger charge is 2.61. The van der Waals surface area contributed by atoms with Crippen LogP contribution in [0.4, 0.5) is 0 Å². The molecule has 0 aromatic rings. The molecule has 0 aromatic heterocycles. The first-order valence-corrected chi connectivity index (χ1v) is 5.02. The maximum absolute atomic E-state index is 10.7. The van der Waals surface area contributed by atoms with Gasteiger partial charge >= 0.3 is 11.9 Å². The van der Waals surface area contributed by atoms with Crippen LogP contribution in [0.5, 0.6) is 0 Å². The van der Waals surface area contributed by atoms with Crippen LogP contribution in [0.1, 0.15) is 13.8 Å². The normalized spacial score (nSPS) is 36.9. The van der Waals surface area contributed by atoms with Gasteiger partial charge in [-0.25, -0.2) is 0 Å². The van der Waals surface area contributed by atoms with E-state index in [0.717, 1.165) is 0 Å². The number of hydrogen-bond donors (Lipinski definition) is 0. The standard InChI is InChI=1S/C10H14O5/c1-5(11)13-3-7-8-4-14-10(9(7)8)15-6(2)12/h7-10H,3-4H2,1-2H3/t7-,8+,9+,10-/m1/s1. The molecule has 4 atom stereocenters. The fourth-order valence-electron chi connectivity index (χ4n) is 2.15. The van der Waals surface area contributed by atoms with Crippen molar-refractivity contribution in [2.45, 2.75) is 20.1 Å². The van der Waals surface area contributed by atoms with Gasteiger partial charge in [0.05, 0.1) is 13.2 Å². The van der Waals surface area contributed by atoms with E-state index in [1.165, 1.54) is 13.8 Å². The number of rotatable bonds is 3. The van der Waals surface area contributed by atoms with Crippen LogP contribution in [0.2, 0.25) is 0 Å². The number of carbonyl (C=O) groups is 2. The first kappa shape index (κ1) is 10.4. The second kappa shape index (κ2) is 3.81. The molecular formula is C10H14O5. The van der Waals surface area contributed by atoms with Crippen LogP contribution in [0.15, 0.2) is 0 Å². The van der Waals surface area contributed by atoms with Gasteiger partial charge in [0.15, 0.2) is 0 Å². The second-order valence-electron chi connectivity index (χ2n) is 4.02.